The lowest BCUT2D eigenvalue weighted by Crippen LogP contribution is -2.44. The molecule has 1 saturated heterocycles. The van der Waals surface area contributed by atoms with Crippen molar-refractivity contribution in [3.05, 3.63) is 59.2 Å². The van der Waals surface area contributed by atoms with Crippen molar-refractivity contribution < 1.29 is 14.3 Å². The van der Waals surface area contributed by atoms with Gasteiger partial charge in [0, 0.05) is 35.5 Å². The van der Waals surface area contributed by atoms with E-state index in [0.29, 0.717) is 50.2 Å². The second-order valence-corrected chi connectivity index (χ2v) is 6.88. The zero-order valence-corrected chi connectivity index (χ0v) is 15.2. The second kappa shape index (κ2) is 6.81. The summed E-state index contributed by atoms with van der Waals surface area (Å²) in [5.41, 5.74) is 9.33. The van der Waals surface area contributed by atoms with Gasteiger partial charge in [0.15, 0.2) is 5.82 Å². The Morgan fingerprint density at radius 2 is 1.96 bits per heavy atom. The van der Waals surface area contributed by atoms with Gasteiger partial charge in [0.2, 0.25) is 0 Å². The molecule has 2 aliphatic rings. The molecule has 0 saturated carbocycles. The van der Waals surface area contributed by atoms with Crippen LogP contribution >= 0.6 is 0 Å². The van der Waals surface area contributed by atoms with E-state index >= 15 is 0 Å². The number of carbonyl (C=O) groups excluding carboxylic acids is 1. The van der Waals surface area contributed by atoms with Crippen LogP contribution in [0, 0.1) is 0 Å². The number of hydrogen-bond acceptors (Lipinski definition) is 7. The van der Waals surface area contributed by atoms with Crippen molar-refractivity contribution in [3.8, 4) is 0 Å². The van der Waals surface area contributed by atoms with E-state index in [1.54, 1.807) is 29.4 Å². The number of pyridine rings is 1. The maximum absolute atomic E-state index is 13.3. The van der Waals surface area contributed by atoms with Crippen molar-refractivity contribution in [2.45, 2.75) is 19.3 Å². The van der Waals surface area contributed by atoms with Crippen LogP contribution in [0.5, 0.6) is 0 Å². The van der Waals surface area contributed by atoms with Crippen LogP contribution in [0.15, 0.2) is 36.7 Å². The summed E-state index contributed by atoms with van der Waals surface area (Å²) in [7, 11) is 0. The summed E-state index contributed by atoms with van der Waals surface area (Å²) in [5.74, 6) is 1.00. The maximum atomic E-state index is 13.3. The Bertz CT molecular complexity index is 1060. The minimum Gasteiger partial charge on any atom is -0.383 e. The van der Waals surface area contributed by atoms with Crippen LogP contribution in [0.1, 0.15) is 33.4 Å². The zero-order chi connectivity index (χ0) is 19.1. The number of nitrogens with zero attached hydrogens (tertiary/aromatic N) is 4. The summed E-state index contributed by atoms with van der Waals surface area (Å²) >= 11 is 0. The highest BCUT2D eigenvalue weighted by Crippen LogP contribution is 2.32. The molecule has 1 fully saturated rings. The van der Waals surface area contributed by atoms with Crippen molar-refractivity contribution in [1.29, 1.82) is 0 Å². The van der Waals surface area contributed by atoms with Gasteiger partial charge in [0.05, 0.1) is 31.9 Å². The summed E-state index contributed by atoms with van der Waals surface area (Å²) in [6.07, 6.45) is 3.35. The van der Waals surface area contributed by atoms with E-state index in [0.717, 1.165) is 22.0 Å². The number of carbonyl (C=O) groups is 1. The topological polar surface area (TPSA) is 103 Å². The molecule has 4 heterocycles. The third kappa shape index (κ3) is 2.78. The quantitative estimate of drug-likeness (QED) is 0.727. The normalized spacial score (nSPS) is 19.0. The predicted octanol–water partition coefficient (Wildman–Crippen LogP) is 1.85. The van der Waals surface area contributed by atoms with Gasteiger partial charge in [0.25, 0.3) is 5.91 Å². The summed E-state index contributed by atoms with van der Waals surface area (Å²) in [4.78, 5) is 28.2. The number of anilines is 1. The molecule has 8 heteroatoms. The van der Waals surface area contributed by atoms with E-state index in [2.05, 4.69) is 15.0 Å². The van der Waals surface area contributed by atoms with Crippen molar-refractivity contribution in [2.75, 3.05) is 25.5 Å². The molecule has 2 aliphatic heterocycles. The highest BCUT2D eigenvalue weighted by molar-refractivity contribution is 5.99. The number of fused-ring (bicyclic) bond motifs is 3. The fourth-order valence-electron chi connectivity index (χ4n) is 3.81. The smallest absolute Gasteiger partial charge is 0.254 e. The molecule has 0 bridgehead atoms. The van der Waals surface area contributed by atoms with E-state index in [4.69, 9.17) is 15.2 Å². The molecule has 1 atom stereocenters. The standard InChI is InChI=1S/C20H19N5O3/c21-18-15-10-28-9-14(15)13-8-12(2-3-16(13)24-18)20(26)25-6-7-27-11-17(25)19-22-4-1-5-23-19/h1-5,8,17H,6-7,9-11H2,(H2,21,24). The van der Waals surface area contributed by atoms with E-state index < -0.39 is 0 Å². The van der Waals surface area contributed by atoms with Crippen molar-refractivity contribution in [2.24, 2.45) is 0 Å². The largest absolute Gasteiger partial charge is 0.383 e. The van der Waals surface area contributed by atoms with Gasteiger partial charge in [-0.2, -0.15) is 0 Å². The molecule has 0 aliphatic carbocycles. The molecule has 28 heavy (non-hydrogen) atoms. The maximum Gasteiger partial charge on any atom is 0.254 e. The fraction of sp³-hybridized carbons (Fsp3) is 0.300. The Hall–Kier alpha value is -3.10. The van der Waals surface area contributed by atoms with Gasteiger partial charge < -0.3 is 20.1 Å². The van der Waals surface area contributed by atoms with Crippen LogP contribution in [0.4, 0.5) is 5.82 Å². The number of morpholine rings is 1. The van der Waals surface area contributed by atoms with Gasteiger partial charge >= 0.3 is 0 Å². The summed E-state index contributed by atoms with van der Waals surface area (Å²) in [6, 6.07) is 6.96. The minimum absolute atomic E-state index is 0.0767. The Kier molecular flexibility index (Phi) is 4.14. The zero-order valence-electron chi connectivity index (χ0n) is 15.2. The molecule has 8 nitrogen and oxygen atoms in total. The molecule has 3 aromatic rings. The molecular formula is C20H19N5O3. The second-order valence-electron chi connectivity index (χ2n) is 6.88. The first-order valence-electron chi connectivity index (χ1n) is 9.17. The number of ether oxygens (including phenoxy) is 2. The van der Waals surface area contributed by atoms with Crippen LogP contribution in [0.25, 0.3) is 10.9 Å². The number of benzene rings is 1. The number of aromatic nitrogens is 3. The first-order chi connectivity index (χ1) is 13.7. The van der Waals surface area contributed by atoms with Crippen LogP contribution in [0.3, 0.4) is 0 Å². The summed E-state index contributed by atoms with van der Waals surface area (Å²) in [6.45, 7) is 2.29. The van der Waals surface area contributed by atoms with Crippen LogP contribution < -0.4 is 5.73 Å². The minimum atomic E-state index is -0.309. The highest BCUT2D eigenvalue weighted by Gasteiger charge is 2.31. The van der Waals surface area contributed by atoms with E-state index in [9.17, 15) is 4.79 Å². The molecule has 1 unspecified atom stereocenters. The first-order valence-corrected chi connectivity index (χ1v) is 9.17. The van der Waals surface area contributed by atoms with Crippen LogP contribution in [0.2, 0.25) is 0 Å². The molecule has 1 amide bonds. The van der Waals surface area contributed by atoms with Gasteiger partial charge in [-0.05, 0) is 29.8 Å². The molecule has 1 aromatic carbocycles. The third-order valence-corrected chi connectivity index (χ3v) is 5.25. The lowest BCUT2D eigenvalue weighted by molar-refractivity contribution is -0.00522. The molecule has 142 valence electrons. The van der Waals surface area contributed by atoms with Gasteiger partial charge in [-0.3, -0.25) is 4.79 Å². The number of nitrogen functional groups attached to an aromatic ring is 1. The molecule has 2 aromatic heterocycles. The first kappa shape index (κ1) is 17.0. The fourth-order valence-corrected chi connectivity index (χ4v) is 3.81. The van der Waals surface area contributed by atoms with Crippen LogP contribution in [-0.4, -0.2) is 45.5 Å². The summed E-state index contributed by atoms with van der Waals surface area (Å²) in [5, 5.41) is 0.910. The highest BCUT2D eigenvalue weighted by atomic mass is 16.5. The average Bonchev–Trinajstić information content (AvgIpc) is 3.25. The number of amides is 1. The Morgan fingerprint density at radius 3 is 2.82 bits per heavy atom. The van der Waals surface area contributed by atoms with Gasteiger partial charge in [-0.15, -0.1) is 0 Å². The van der Waals surface area contributed by atoms with Crippen molar-refractivity contribution >= 4 is 22.6 Å². The van der Waals surface area contributed by atoms with Gasteiger partial charge in [-0.25, -0.2) is 15.0 Å². The monoisotopic (exact) mass is 377 g/mol. The Labute approximate surface area is 161 Å². The number of rotatable bonds is 2. The predicted molar refractivity (Wildman–Crippen MR) is 101 cm³/mol. The van der Waals surface area contributed by atoms with Crippen molar-refractivity contribution in [1.82, 2.24) is 19.9 Å². The Balaban J connectivity index is 1.54. The van der Waals surface area contributed by atoms with E-state index in [1.165, 1.54) is 0 Å². The molecule has 0 spiro atoms. The SMILES string of the molecule is Nc1nc2ccc(C(=O)N3CCOCC3c3ncccn3)cc2c2c1COC2. The molecular weight excluding hydrogens is 358 g/mol. The molecule has 5 rings (SSSR count). The summed E-state index contributed by atoms with van der Waals surface area (Å²) < 4.78 is 11.1. The number of nitrogens with two attached hydrogens (primary N) is 1. The van der Waals surface area contributed by atoms with E-state index in [-0.39, 0.29) is 11.9 Å². The lowest BCUT2D eigenvalue weighted by Gasteiger charge is -2.34. The van der Waals surface area contributed by atoms with E-state index in [1.807, 2.05) is 12.1 Å². The van der Waals surface area contributed by atoms with Gasteiger partial charge in [0.1, 0.15) is 11.9 Å². The lowest BCUT2D eigenvalue weighted by atomic mass is 10.0. The Morgan fingerprint density at radius 1 is 1.14 bits per heavy atom. The number of hydrogen-bond donors (Lipinski definition) is 1. The average molecular weight is 377 g/mol. The van der Waals surface area contributed by atoms with Crippen molar-refractivity contribution in [3.63, 3.8) is 0 Å². The molecule has 0 radical (unpaired) electrons. The molecule has 2 N–H and O–H groups in total. The third-order valence-electron chi connectivity index (χ3n) is 5.25. The van der Waals surface area contributed by atoms with Crippen LogP contribution in [-0.2, 0) is 22.7 Å². The van der Waals surface area contributed by atoms with Gasteiger partial charge in [-0.1, -0.05) is 0 Å².